The van der Waals surface area contributed by atoms with Gasteiger partial charge in [-0.25, -0.2) is 4.98 Å². The first-order chi connectivity index (χ1) is 8.63. The number of aliphatic hydroxyl groups is 1. The summed E-state index contributed by atoms with van der Waals surface area (Å²) in [5, 5.41) is 14.4. The maximum atomic E-state index is 10.3. The largest absolute Gasteiger partial charge is 0.388 e. The SMILES string of the molecule is CCn1ncnc1CC(O)c1cccc(Br)c1C. The summed E-state index contributed by atoms with van der Waals surface area (Å²) in [5.74, 6) is 0.810. The van der Waals surface area contributed by atoms with Crippen molar-refractivity contribution in [3.8, 4) is 0 Å². The maximum absolute atomic E-state index is 10.3. The van der Waals surface area contributed by atoms with E-state index < -0.39 is 6.10 Å². The minimum Gasteiger partial charge on any atom is -0.388 e. The molecule has 5 heteroatoms. The standard InChI is InChI=1S/C13H16BrN3O/c1-3-17-13(15-8-16-17)7-12(18)10-5-4-6-11(14)9(10)2/h4-6,8,12,18H,3,7H2,1-2H3. The Morgan fingerprint density at radius 2 is 2.22 bits per heavy atom. The van der Waals surface area contributed by atoms with Gasteiger partial charge in [-0.05, 0) is 31.0 Å². The number of rotatable bonds is 4. The highest BCUT2D eigenvalue weighted by molar-refractivity contribution is 9.10. The van der Waals surface area contributed by atoms with E-state index in [2.05, 4.69) is 26.0 Å². The van der Waals surface area contributed by atoms with Crippen LogP contribution in [0.3, 0.4) is 0 Å². The number of benzene rings is 1. The van der Waals surface area contributed by atoms with Gasteiger partial charge in [-0.15, -0.1) is 0 Å². The average molecular weight is 310 g/mol. The maximum Gasteiger partial charge on any atom is 0.138 e. The van der Waals surface area contributed by atoms with Gasteiger partial charge in [0.05, 0.1) is 6.10 Å². The molecule has 0 aliphatic carbocycles. The van der Waals surface area contributed by atoms with Crippen molar-refractivity contribution in [1.29, 1.82) is 0 Å². The zero-order valence-electron chi connectivity index (χ0n) is 10.5. The van der Waals surface area contributed by atoms with Gasteiger partial charge < -0.3 is 5.11 Å². The van der Waals surface area contributed by atoms with Crippen molar-refractivity contribution in [1.82, 2.24) is 14.8 Å². The lowest BCUT2D eigenvalue weighted by atomic mass is 10.0. The third-order valence-corrected chi connectivity index (χ3v) is 3.90. The third kappa shape index (κ3) is 2.62. The quantitative estimate of drug-likeness (QED) is 0.944. The van der Waals surface area contributed by atoms with Crippen molar-refractivity contribution in [2.24, 2.45) is 0 Å². The van der Waals surface area contributed by atoms with Crippen LogP contribution in [-0.2, 0) is 13.0 Å². The Balaban J connectivity index is 2.22. The summed E-state index contributed by atoms with van der Waals surface area (Å²) < 4.78 is 2.81. The predicted octanol–water partition coefficient (Wildman–Crippen LogP) is 2.65. The van der Waals surface area contributed by atoms with E-state index in [4.69, 9.17) is 0 Å². The molecule has 1 atom stereocenters. The van der Waals surface area contributed by atoms with E-state index in [0.29, 0.717) is 6.42 Å². The number of nitrogens with zero attached hydrogens (tertiary/aromatic N) is 3. The number of aryl methyl sites for hydroxylation is 1. The van der Waals surface area contributed by atoms with Crippen LogP contribution < -0.4 is 0 Å². The van der Waals surface area contributed by atoms with E-state index in [0.717, 1.165) is 28.0 Å². The highest BCUT2D eigenvalue weighted by Crippen LogP contribution is 2.26. The van der Waals surface area contributed by atoms with Crippen LogP contribution in [0.15, 0.2) is 29.0 Å². The van der Waals surface area contributed by atoms with Gasteiger partial charge in [0.2, 0.25) is 0 Å². The van der Waals surface area contributed by atoms with Crippen LogP contribution in [0.4, 0.5) is 0 Å². The molecule has 0 bridgehead atoms. The molecule has 0 aliphatic heterocycles. The number of hydrogen-bond donors (Lipinski definition) is 1. The Morgan fingerprint density at radius 3 is 2.94 bits per heavy atom. The fraction of sp³-hybridized carbons (Fsp3) is 0.385. The molecule has 0 fully saturated rings. The van der Waals surface area contributed by atoms with Crippen LogP contribution in [0.1, 0.15) is 30.0 Å². The van der Waals surface area contributed by atoms with Gasteiger partial charge in [0, 0.05) is 17.4 Å². The number of aromatic nitrogens is 3. The Labute approximate surface area is 115 Å². The lowest BCUT2D eigenvalue weighted by Gasteiger charge is -2.14. The van der Waals surface area contributed by atoms with Crippen LogP contribution in [0, 0.1) is 6.92 Å². The first kappa shape index (κ1) is 13.2. The molecule has 2 rings (SSSR count). The fourth-order valence-electron chi connectivity index (χ4n) is 1.98. The normalized spacial score (nSPS) is 12.7. The zero-order valence-corrected chi connectivity index (χ0v) is 12.1. The van der Waals surface area contributed by atoms with Crippen molar-refractivity contribution in [3.05, 3.63) is 46.0 Å². The Hall–Kier alpha value is -1.20. The molecule has 1 heterocycles. The van der Waals surface area contributed by atoms with Gasteiger partial charge in [0.15, 0.2) is 0 Å². The van der Waals surface area contributed by atoms with Crippen molar-refractivity contribution in [2.45, 2.75) is 32.9 Å². The molecular formula is C13H16BrN3O. The van der Waals surface area contributed by atoms with E-state index in [9.17, 15) is 5.11 Å². The highest BCUT2D eigenvalue weighted by atomic mass is 79.9. The van der Waals surface area contributed by atoms with Gasteiger partial charge >= 0.3 is 0 Å². The lowest BCUT2D eigenvalue weighted by molar-refractivity contribution is 0.173. The third-order valence-electron chi connectivity index (χ3n) is 3.04. The summed E-state index contributed by atoms with van der Waals surface area (Å²) in [4.78, 5) is 4.18. The minimum absolute atomic E-state index is 0.477. The second kappa shape index (κ2) is 5.63. The van der Waals surface area contributed by atoms with Crippen LogP contribution in [0.2, 0.25) is 0 Å². The summed E-state index contributed by atoms with van der Waals surface area (Å²) in [5.41, 5.74) is 1.99. The second-order valence-electron chi connectivity index (χ2n) is 4.17. The molecule has 0 spiro atoms. The summed E-state index contributed by atoms with van der Waals surface area (Å²) >= 11 is 3.48. The first-order valence-electron chi connectivity index (χ1n) is 5.93. The Kier molecular flexibility index (Phi) is 4.14. The molecular weight excluding hydrogens is 294 g/mol. The molecule has 0 saturated heterocycles. The number of hydrogen-bond acceptors (Lipinski definition) is 3. The molecule has 18 heavy (non-hydrogen) atoms. The first-order valence-corrected chi connectivity index (χ1v) is 6.72. The number of aliphatic hydroxyl groups excluding tert-OH is 1. The van der Waals surface area contributed by atoms with Crippen molar-refractivity contribution in [2.75, 3.05) is 0 Å². The zero-order chi connectivity index (χ0) is 13.1. The molecule has 0 aliphatic rings. The predicted molar refractivity (Wildman–Crippen MR) is 73.2 cm³/mol. The van der Waals surface area contributed by atoms with Crippen LogP contribution in [0.25, 0.3) is 0 Å². The average Bonchev–Trinajstić information content (AvgIpc) is 2.79. The van der Waals surface area contributed by atoms with Gasteiger partial charge in [-0.3, -0.25) is 4.68 Å². The van der Waals surface area contributed by atoms with Gasteiger partial charge in [-0.1, -0.05) is 28.1 Å². The minimum atomic E-state index is -0.558. The summed E-state index contributed by atoms with van der Waals surface area (Å²) in [7, 11) is 0. The summed E-state index contributed by atoms with van der Waals surface area (Å²) in [6.07, 6.45) is 1.45. The molecule has 1 aromatic carbocycles. The molecule has 1 unspecified atom stereocenters. The van der Waals surface area contributed by atoms with E-state index in [-0.39, 0.29) is 0 Å². The molecule has 0 saturated carbocycles. The summed E-state index contributed by atoms with van der Waals surface area (Å²) in [6, 6.07) is 5.84. The van der Waals surface area contributed by atoms with Crippen molar-refractivity contribution >= 4 is 15.9 Å². The van der Waals surface area contributed by atoms with Gasteiger partial charge in [-0.2, -0.15) is 5.10 Å². The van der Waals surface area contributed by atoms with Crippen LogP contribution in [0.5, 0.6) is 0 Å². The van der Waals surface area contributed by atoms with E-state index >= 15 is 0 Å². The molecule has 2 aromatic rings. The molecule has 0 radical (unpaired) electrons. The lowest BCUT2D eigenvalue weighted by Crippen LogP contribution is -2.10. The Bertz CT molecular complexity index is 539. The molecule has 96 valence electrons. The second-order valence-corrected chi connectivity index (χ2v) is 5.02. The Morgan fingerprint density at radius 1 is 1.44 bits per heavy atom. The fourth-order valence-corrected chi connectivity index (χ4v) is 2.36. The van der Waals surface area contributed by atoms with E-state index in [1.807, 2.05) is 32.0 Å². The molecule has 1 N–H and O–H groups in total. The monoisotopic (exact) mass is 309 g/mol. The van der Waals surface area contributed by atoms with Gasteiger partial charge in [0.1, 0.15) is 12.2 Å². The summed E-state index contributed by atoms with van der Waals surface area (Å²) in [6.45, 7) is 4.77. The van der Waals surface area contributed by atoms with Crippen LogP contribution >= 0.6 is 15.9 Å². The molecule has 1 aromatic heterocycles. The number of halogens is 1. The topological polar surface area (TPSA) is 50.9 Å². The van der Waals surface area contributed by atoms with Crippen LogP contribution in [-0.4, -0.2) is 19.9 Å². The van der Waals surface area contributed by atoms with E-state index in [1.54, 1.807) is 4.68 Å². The smallest absolute Gasteiger partial charge is 0.138 e. The van der Waals surface area contributed by atoms with Crippen molar-refractivity contribution < 1.29 is 5.11 Å². The molecule has 4 nitrogen and oxygen atoms in total. The van der Waals surface area contributed by atoms with Gasteiger partial charge in [0.25, 0.3) is 0 Å². The van der Waals surface area contributed by atoms with E-state index in [1.165, 1.54) is 6.33 Å². The highest BCUT2D eigenvalue weighted by Gasteiger charge is 2.15. The molecule has 0 amide bonds. The van der Waals surface area contributed by atoms with Crippen molar-refractivity contribution in [3.63, 3.8) is 0 Å².